The van der Waals surface area contributed by atoms with Crippen molar-refractivity contribution < 1.29 is 9.59 Å². The number of carbonyl (C=O) groups is 2. The van der Waals surface area contributed by atoms with Crippen molar-refractivity contribution >= 4 is 11.8 Å². The van der Waals surface area contributed by atoms with E-state index < -0.39 is 0 Å². The minimum Gasteiger partial charge on any atom is -0.353 e. The molecule has 128 valence electrons. The molecule has 0 fully saturated rings. The molecular weight excluding hydrogens is 300 g/mol. The van der Waals surface area contributed by atoms with Crippen molar-refractivity contribution in [3.05, 3.63) is 58.7 Å². The maximum atomic E-state index is 12.1. The molecule has 0 spiro atoms. The molecule has 2 N–H and O–H groups in total. The Labute approximate surface area is 144 Å². The molecule has 2 amide bonds. The summed E-state index contributed by atoms with van der Waals surface area (Å²) in [4.78, 5) is 24.0. The van der Waals surface area contributed by atoms with Crippen LogP contribution >= 0.6 is 0 Å². The van der Waals surface area contributed by atoms with Crippen molar-refractivity contribution in [2.75, 3.05) is 6.54 Å². The fourth-order valence-electron chi connectivity index (χ4n) is 2.77. The summed E-state index contributed by atoms with van der Waals surface area (Å²) in [7, 11) is 0. The van der Waals surface area contributed by atoms with E-state index in [1.165, 1.54) is 11.1 Å². The molecule has 24 heavy (non-hydrogen) atoms. The molecule has 0 unspecified atom stereocenters. The summed E-state index contributed by atoms with van der Waals surface area (Å²) in [6.45, 7) is 6.80. The number of hydrogen-bond donors (Lipinski definition) is 2. The Kier molecular flexibility index (Phi) is 6.36. The molecule has 2 rings (SSSR count). The van der Waals surface area contributed by atoms with Gasteiger partial charge in [-0.25, -0.2) is 0 Å². The number of benzene rings is 1. The molecule has 1 aromatic carbocycles. The SMILES string of the molecule is CC(C)=CCC/C(C)=C/CNC(=O)C[C@H]1NC(=O)c2ccccc21. The van der Waals surface area contributed by atoms with E-state index in [0.717, 1.165) is 18.4 Å². The third-order valence-electron chi connectivity index (χ3n) is 4.12. The first-order chi connectivity index (χ1) is 11.5. The van der Waals surface area contributed by atoms with Gasteiger partial charge < -0.3 is 10.6 Å². The van der Waals surface area contributed by atoms with Gasteiger partial charge >= 0.3 is 0 Å². The number of nitrogens with one attached hydrogen (secondary N) is 2. The summed E-state index contributed by atoms with van der Waals surface area (Å²) in [6, 6.07) is 7.20. The van der Waals surface area contributed by atoms with Crippen LogP contribution in [0.5, 0.6) is 0 Å². The smallest absolute Gasteiger partial charge is 0.252 e. The predicted molar refractivity (Wildman–Crippen MR) is 96.7 cm³/mol. The molecule has 0 saturated carbocycles. The fraction of sp³-hybridized carbons (Fsp3) is 0.400. The Morgan fingerprint density at radius 2 is 1.96 bits per heavy atom. The summed E-state index contributed by atoms with van der Waals surface area (Å²) in [5, 5.41) is 5.77. The van der Waals surface area contributed by atoms with Crippen LogP contribution in [0.4, 0.5) is 0 Å². The zero-order chi connectivity index (χ0) is 17.5. The summed E-state index contributed by atoms with van der Waals surface area (Å²) in [5.41, 5.74) is 4.18. The molecule has 1 aromatic rings. The van der Waals surface area contributed by atoms with E-state index >= 15 is 0 Å². The van der Waals surface area contributed by atoms with Crippen molar-refractivity contribution in [3.63, 3.8) is 0 Å². The lowest BCUT2D eigenvalue weighted by Crippen LogP contribution is -2.29. The Morgan fingerprint density at radius 3 is 2.71 bits per heavy atom. The molecule has 0 bridgehead atoms. The van der Waals surface area contributed by atoms with Gasteiger partial charge in [0.25, 0.3) is 5.91 Å². The van der Waals surface area contributed by atoms with Crippen molar-refractivity contribution in [2.24, 2.45) is 0 Å². The van der Waals surface area contributed by atoms with Crippen LogP contribution in [-0.4, -0.2) is 18.4 Å². The van der Waals surface area contributed by atoms with Crippen LogP contribution in [0, 0.1) is 0 Å². The van der Waals surface area contributed by atoms with Crippen LogP contribution in [0.15, 0.2) is 47.6 Å². The normalized spacial score (nSPS) is 16.4. The van der Waals surface area contributed by atoms with Crippen LogP contribution in [0.2, 0.25) is 0 Å². The molecule has 0 radical (unpaired) electrons. The summed E-state index contributed by atoms with van der Waals surface area (Å²) in [6.07, 6.45) is 6.58. The predicted octanol–water partition coefficient (Wildman–Crippen LogP) is 3.67. The Balaban J connectivity index is 1.78. The van der Waals surface area contributed by atoms with Gasteiger partial charge in [0.05, 0.1) is 12.5 Å². The lowest BCUT2D eigenvalue weighted by atomic mass is 10.0. The Morgan fingerprint density at radius 1 is 1.21 bits per heavy atom. The highest BCUT2D eigenvalue weighted by atomic mass is 16.2. The van der Waals surface area contributed by atoms with Gasteiger partial charge in [-0.05, 0) is 45.2 Å². The highest BCUT2D eigenvalue weighted by Gasteiger charge is 2.29. The molecule has 0 aromatic heterocycles. The van der Waals surface area contributed by atoms with Gasteiger partial charge in [-0.2, -0.15) is 0 Å². The molecule has 0 saturated heterocycles. The number of rotatable bonds is 7. The van der Waals surface area contributed by atoms with Crippen molar-refractivity contribution in [3.8, 4) is 0 Å². The van der Waals surface area contributed by atoms with E-state index in [9.17, 15) is 9.59 Å². The van der Waals surface area contributed by atoms with E-state index in [1.54, 1.807) is 6.07 Å². The Hall–Kier alpha value is -2.36. The van der Waals surface area contributed by atoms with Crippen molar-refractivity contribution in [1.29, 1.82) is 0 Å². The molecule has 1 atom stereocenters. The largest absolute Gasteiger partial charge is 0.353 e. The minimum atomic E-state index is -0.226. The minimum absolute atomic E-state index is 0.0506. The van der Waals surface area contributed by atoms with E-state index in [2.05, 4.69) is 43.6 Å². The van der Waals surface area contributed by atoms with Crippen LogP contribution in [-0.2, 0) is 4.79 Å². The first-order valence-electron chi connectivity index (χ1n) is 8.43. The van der Waals surface area contributed by atoms with E-state index in [-0.39, 0.29) is 24.3 Å². The molecule has 4 heteroatoms. The molecule has 1 aliphatic heterocycles. The average molecular weight is 326 g/mol. The van der Waals surface area contributed by atoms with Crippen LogP contribution in [0.1, 0.15) is 62.0 Å². The standard InChI is InChI=1S/C20H26N2O2/c1-14(2)7-6-8-15(3)11-12-21-19(23)13-18-16-9-4-5-10-17(16)20(24)22-18/h4-5,7,9-11,18H,6,8,12-13H2,1-3H3,(H,21,23)(H,22,24)/b15-11+/t18-/m1/s1. The number of fused-ring (bicyclic) bond motifs is 1. The maximum absolute atomic E-state index is 12.1. The van der Waals surface area contributed by atoms with Crippen molar-refractivity contribution in [1.82, 2.24) is 10.6 Å². The van der Waals surface area contributed by atoms with Gasteiger partial charge in [-0.15, -0.1) is 0 Å². The number of amides is 2. The van der Waals surface area contributed by atoms with Gasteiger partial charge in [0.15, 0.2) is 0 Å². The van der Waals surface area contributed by atoms with Crippen LogP contribution in [0.3, 0.4) is 0 Å². The molecule has 4 nitrogen and oxygen atoms in total. The molecular formula is C20H26N2O2. The highest BCUT2D eigenvalue weighted by Crippen LogP contribution is 2.27. The fourth-order valence-corrected chi connectivity index (χ4v) is 2.77. The van der Waals surface area contributed by atoms with Gasteiger partial charge in [-0.3, -0.25) is 9.59 Å². The van der Waals surface area contributed by atoms with Gasteiger partial charge in [-0.1, -0.05) is 41.5 Å². The number of allylic oxidation sites excluding steroid dienone is 3. The van der Waals surface area contributed by atoms with E-state index in [0.29, 0.717) is 12.1 Å². The summed E-state index contributed by atoms with van der Waals surface area (Å²) in [5.74, 6) is -0.149. The molecule has 0 aliphatic carbocycles. The van der Waals surface area contributed by atoms with Gasteiger partial charge in [0.1, 0.15) is 0 Å². The first-order valence-corrected chi connectivity index (χ1v) is 8.43. The van der Waals surface area contributed by atoms with Crippen LogP contribution < -0.4 is 10.6 Å². The van der Waals surface area contributed by atoms with Gasteiger partial charge in [0.2, 0.25) is 5.91 Å². The summed E-state index contributed by atoms with van der Waals surface area (Å²) < 4.78 is 0. The molecule has 1 heterocycles. The van der Waals surface area contributed by atoms with Gasteiger partial charge in [0, 0.05) is 12.1 Å². The van der Waals surface area contributed by atoms with E-state index in [4.69, 9.17) is 0 Å². The zero-order valence-corrected chi connectivity index (χ0v) is 14.7. The lowest BCUT2D eigenvalue weighted by Gasteiger charge is -2.11. The quantitative estimate of drug-likeness (QED) is 0.751. The topological polar surface area (TPSA) is 58.2 Å². The van der Waals surface area contributed by atoms with Crippen molar-refractivity contribution in [2.45, 2.75) is 46.1 Å². The average Bonchev–Trinajstić information content (AvgIpc) is 2.83. The zero-order valence-electron chi connectivity index (χ0n) is 14.7. The number of hydrogen-bond acceptors (Lipinski definition) is 2. The first kappa shape index (κ1) is 18.0. The third-order valence-corrected chi connectivity index (χ3v) is 4.12. The highest BCUT2D eigenvalue weighted by molar-refractivity contribution is 5.99. The number of carbonyl (C=O) groups excluding carboxylic acids is 2. The lowest BCUT2D eigenvalue weighted by molar-refractivity contribution is -0.121. The molecule has 1 aliphatic rings. The Bertz CT molecular complexity index is 670. The van der Waals surface area contributed by atoms with Crippen LogP contribution in [0.25, 0.3) is 0 Å². The second-order valence-electron chi connectivity index (χ2n) is 6.49. The maximum Gasteiger partial charge on any atom is 0.252 e. The second kappa shape index (κ2) is 8.48. The second-order valence-corrected chi connectivity index (χ2v) is 6.49. The third kappa shape index (κ3) is 5.08. The van der Waals surface area contributed by atoms with E-state index in [1.807, 2.05) is 18.2 Å². The summed E-state index contributed by atoms with van der Waals surface area (Å²) >= 11 is 0. The monoisotopic (exact) mass is 326 g/mol.